The standard InChI is InChI=1S/C38H48N4O3/c1-26-21-31(9-14-35(26)45-3)38-18-15-37(16-19-38,17-20-38)25-41(36(44)28-7-10-32(11-8-28)40-27(2)43)34-6-4-5-29(22-34)30-23-39-42(24-30)33-12-13-33/h4-6,9,14,21-24,28,32-33H,7-8,10-13,15-20,25H2,1-3H3,(H,40,43)/t28-,32-,37?,38?. The monoisotopic (exact) mass is 608 g/mol. The third-order valence-corrected chi connectivity index (χ3v) is 11.7. The highest BCUT2D eigenvalue weighted by Crippen LogP contribution is 2.58. The van der Waals surface area contributed by atoms with Gasteiger partial charge in [0.25, 0.3) is 0 Å². The van der Waals surface area contributed by atoms with Crippen LogP contribution in [-0.2, 0) is 15.0 Å². The third-order valence-electron chi connectivity index (χ3n) is 11.7. The van der Waals surface area contributed by atoms with Crippen LogP contribution in [0.2, 0.25) is 0 Å². The summed E-state index contributed by atoms with van der Waals surface area (Å²) in [5, 5.41) is 7.71. The molecule has 238 valence electrons. The average molecular weight is 609 g/mol. The number of fused-ring (bicyclic) bond motifs is 3. The lowest BCUT2D eigenvalue weighted by atomic mass is 9.51. The first-order chi connectivity index (χ1) is 21.8. The minimum Gasteiger partial charge on any atom is -0.496 e. The molecule has 45 heavy (non-hydrogen) atoms. The molecule has 0 saturated heterocycles. The number of carbonyl (C=O) groups is 2. The molecule has 5 aliphatic rings. The quantitative estimate of drug-likeness (QED) is 0.273. The zero-order valence-corrected chi connectivity index (χ0v) is 27.2. The van der Waals surface area contributed by atoms with Crippen LogP contribution in [0.1, 0.15) is 101 Å². The van der Waals surface area contributed by atoms with Gasteiger partial charge in [0.15, 0.2) is 0 Å². The second-order valence-electron chi connectivity index (χ2n) is 14.6. The van der Waals surface area contributed by atoms with Gasteiger partial charge in [-0.15, -0.1) is 0 Å². The Kier molecular flexibility index (Phi) is 7.99. The molecule has 8 rings (SSSR count). The number of hydrogen-bond acceptors (Lipinski definition) is 4. The lowest BCUT2D eigenvalue weighted by Crippen LogP contribution is -2.52. The Morgan fingerprint density at radius 1 is 0.956 bits per heavy atom. The Labute approximate surface area is 267 Å². The maximum absolute atomic E-state index is 14.5. The van der Waals surface area contributed by atoms with Gasteiger partial charge in [-0.2, -0.15) is 5.10 Å². The maximum Gasteiger partial charge on any atom is 0.230 e. The van der Waals surface area contributed by atoms with E-state index in [0.717, 1.165) is 74.1 Å². The molecule has 5 fully saturated rings. The molecule has 0 unspecified atom stereocenters. The summed E-state index contributed by atoms with van der Waals surface area (Å²) in [6, 6.07) is 16.1. The largest absolute Gasteiger partial charge is 0.496 e. The van der Waals surface area contributed by atoms with E-state index in [1.807, 2.05) is 6.20 Å². The van der Waals surface area contributed by atoms with Crippen LogP contribution in [0.15, 0.2) is 54.9 Å². The van der Waals surface area contributed by atoms with Gasteiger partial charge in [-0.05, 0) is 130 Å². The van der Waals surface area contributed by atoms with Gasteiger partial charge in [0.1, 0.15) is 5.75 Å². The topological polar surface area (TPSA) is 76.5 Å². The van der Waals surface area contributed by atoms with Gasteiger partial charge in [0.05, 0.1) is 19.3 Å². The summed E-state index contributed by atoms with van der Waals surface area (Å²) < 4.78 is 7.65. The summed E-state index contributed by atoms with van der Waals surface area (Å²) in [5.74, 6) is 1.21. The number of ether oxygens (including phenoxy) is 1. The van der Waals surface area contributed by atoms with Crippen LogP contribution in [0.5, 0.6) is 5.75 Å². The molecule has 7 heteroatoms. The van der Waals surface area contributed by atoms with Gasteiger partial charge in [0.2, 0.25) is 11.8 Å². The molecule has 5 aliphatic carbocycles. The van der Waals surface area contributed by atoms with Crippen LogP contribution in [0, 0.1) is 18.3 Å². The van der Waals surface area contributed by atoms with Crippen molar-refractivity contribution in [1.82, 2.24) is 15.1 Å². The number of aryl methyl sites for hydroxylation is 1. The van der Waals surface area contributed by atoms with Crippen LogP contribution >= 0.6 is 0 Å². The first-order valence-electron chi connectivity index (χ1n) is 17.1. The molecular weight excluding hydrogens is 560 g/mol. The smallest absolute Gasteiger partial charge is 0.230 e. The Morgan fingerprint density at radius 2 is 1.69 bits per heavy atom. The number of amides is 2. The normalized spacial score (nSPS) is 27.6. The highest BCUT2D eigenvalue weighted by atomic mass is 16.5. The van der Waals surface area contributed by atoms with E-state index in [1.165, 1.54) is 43.2 Å². The summed E-state index contributed by atoms with van der Waals surface area (Å²) in [6.07, 6.45) is 16.8. The lowest BCUT2D eigenvalue weighted by Gasteiger charge is -2.55. The molecule has 3 aromatic rings. The van der Waals surface area contributed by atoms with Gasteiger partial charge < -0.3 is 15.0 Å². The first-order valence-corrected chi connectivity index (χ1v) is 17.1. The van der Waals surface area contributed by atoms with Crippen LogP contribution in [-0.4, -0.2) is 41.3 Å². The number of aromatic nitrogens is 2. The Bertz CT molecular complexity index is 1540. The number of hydrogen-bond donors (Lipinski definition) is 1. The molecule has 0 radical (unpaired) electrons. The van der Waals surface area contributed by atoms with Crippen molar-refractivity contribution in [2.24, 2.45) is 11.3 Å². The first kappa shape index (κ1) is 30.1. The lowest BCUT2D eigenvalue weighted by molar-refractivity contribution is -0.124. The van der Waals surface area contributed by atoms with Crippen molar-refractivity contribution in [3.05, 3.63) is 66.0 Å². The van der Waals surface area contributed by atoms with Gasteiger partial charge in [-0.1, -0.05) is 24.3 Å². The van der Waals surface area contributed by atoms with Crippen molar-refractivity contribution in [2.45, 2.75) is 108 Å². The molecule has 1 aromatic heterocycles. The number of nitrogens with zero attached hydrogens (tertiary/aromatic N) is 3. The van der Waals surface area contributed by atoms with Gasteiger partial charge in [-0.25, -0.2) is 0 Å². The summed E-state index contributed by atoms with van der Waals surface area (Å²) >= 11 is 0. The van der Waals surface area contributed by atoms with E-state index in [0.29, 0.717) is 6.04 Å². The predicted molar refractivity (Wildman–Crippen MR) is 177 cm³/mol. The fraction of sp³-hybridized carbons (Fsp3) is 0.553. The maximum atomic E-state index is 14.5. The van der Waals surface area contributed by atoms with Gasteiger partial charge in [0, 0.05) is 42.9 Å². The third kappa shape index (κ3) is 6.03. The second kappa shape index (κ2) is 12.0. The number of carbonyl (C=O) groups excluding carboxylic acids is 2. The van der Waals surface area contributed by atoms with E-state index >= 15 is 0 Å². The Morgan fingerprint density at radius 3 is 2.33 bits per heavy atom. The van der Waals surface area contributed by atoms with E-state index < -0.39 is 0 Å². The summed E-state index contributed by atoms with van der Waals surface area (Å²) in [6.45, 7) is 4.51. The van der Waals surface area contributed by atoms with E-state index in [1.54, 1.807) is 14.0 Å². The van der Waals surface area contributed by atoms with Crippen molar-refractivity contribution in [3.8, 4) is 16.9 Å². The Hall–Kier alpha value is -3.61. The average Bonchev–Trinajstić information content (AvgIpc) is 3.80. The van der Waals surface area contributed by atoms with Crippen molar-refractivity contribution in [3.63, 3.8) is 0 Å². The van der Waals surface area contributed by atoms with Crippen molar-refractivity contribution in [2.75, 3.05) is 18.6 Å². The van der Waals surface area contributed by atoms with E-state index in [9.17, 15) is 9.59 Å². The van der Waals surface area contributed by atoms with E-state index in [4.69, 9.17) is 4.74 Å². The van der Waals surface area contributed by atoms with Crippen LogP contribution in [0.4, 0.5) is 5.69 Å². The summed E-state index contributed by atoms with van der Waals surface area (Å²) in [5.41, 5.74) is 6.27. The number of nitrogens with one attached hydrogen (secondary N) is 1. The Balaban J connectivity index is 1.13. The highest BCUT2D eigenvalue weighted by molar-refractivity contribution is 5.96. The molecule has 2 amide bonds. The molecule has 2 bridgehead atoms. The molecule has 0 atom stereocenters. The fourth-order valence-electron chi connectivity index (χ4n) is 8.65. The molecule has 0 spiro atoms. The van der Waals surface area contributed by atoms with Crippen LogP contribution in [0.3, 0.4) is 0 Å². The highest BCUT2D eigenvalue weighted by Gasteiger charge is 2.50. The number of benzene rings is 2. The molecule has 1 heterocycles. The number of methoxy groups -OCH3 is 1. The SMILES string of the molecule is COc1ccc(C23CCC(CN(c4cccc(-c5cnn(C6CC6)c5)c4)C(=O)[C@H]4CC[C@H](NC(C)=O)CC4)(CC2)CC3)cc1C. The molecule has 1 N–H and O–H groups in total. The zero-order valence-electron chi connectivity index (χ0n) is 27.2. The number of rotatable bonds is 9. The minimum atomic E-state index is -0.0128. The molecule has 7 nitrogen and oxygen atoms in total. The van der Waals surface area contributed by atoms with E-state index in [-0.39, 0.29) is 34.6 Å². The second-order valence-corrected chi connectivity index (χ2v) is 14.6. The molecule has 0 aliphatic heterocycles. The van der Waals surface area contributed by atoms with Crippen molar-refractivity contribution < 1.29 is 14.3 Å². The van der Waals surface area contributed by atoms with E-state index in [2.05, 4.69) is 75.6 Å². The molecule has 2 aromatic carbocycles. The van der Waals surface area contributed by atoms with Gasteiger partial charge in [-0.3, -0.25) is 14.3 Å². The van der Waals surface area contributed by atoms with Crippen LogP contribution < -0.4 is 15.0 Å². The summed E-state index contributed by atoms with van der Waals surface area (Å²) in [7, 11) is 1.74. The molecular formula is C38H48N4O3. The van der Waals surface area contributed by atoms with Gasteiger partial charge >= 0.3 is 0 Å². The predicted octanol–water partition coefficient (Wildman–Crippen LogP) is 7.52. The van der Waals surface area contributed by atoms with Crippen molar-refractivity contribution >= 4 is 17.5 Å². The zero-order chi connectivity index (χ0) is 31.2. The van der Waals surface area contributed by atoms with Crippen LogP contribution in [0.25, 0.3) is 11.1 Å². The van der Waals surface area contributed by atoms with Crippen molar-refractivity contribution in [1.29, 1.82) is 0 Å². The number of anilines is 1. The fourth-order valence-corrected chi connectivity index (χ4v) is 8.65. The molecule has 5 saturated carbocycles. The minimum absolute atomic E-state index is 0.0128. The summed E-state index contributed by atoms with van der Waals surface area (Å²) in [4.78, 5) is 28.3.